The normalized spacial score (nSPS) is 11.8. The highest BCUT2D eigenvalue weighted by atomic mass is 19.4. The van der Waals surface area contributed by atoms with Crippen LogP contribution < -0.4 is 5.73 Å². The molecule has 0 bridgehead atoms. The Morgan fingerprint density at radius 3 is 2.67 bits per heavy atom. The molecule has 1 aromatic carbocycles. The summed E-state index contributed by atoms with van der Waals surface area (Å²) in [7, 11) is 0. The highest BCUT2D eigenvalue weighted by Gasteiger charge is 2.30. The Hall–Kier alpha value is -1.89. The van der Waals surface area contributed by atoms with E-state index in [0.29, 0.717) is 17.1 Å². The van der Waals surface area contributed by atoms with Crippen LogP contribution in [0, 0.1) is 6.92 Å². The monoisotopic (exact) mass is 256 g/mol. The Kier molecular flexibility index (Phi) is 3.08. The molecule has 0 fully saturated rings. The smallest absolute Gasteiger partial charge is 0.325 e. The zero-order valence-corrected chi connectivity index (χ0v) is 9.57. The summed E-state index contributed by atoms with van der Waals surface area (Å²) in [5.74, 6) is 0. The number of nitrogens with two attached hydrogens (primary N) is 1. The first-order valence-electron chi connectivity index (χ1n) is 5.22. The van der Waals surface area contributed by atoms with E-state index >= 15 is 0 Å². The Balaban J connectivity index is 2.51. The van der Waals surface area contributed by atoms with E-state index in [1.807, 2.05) is 0 Å². The third-order valence-electron chi connectivity index (χ3n) is 2.57. The number of benzene rings is 1. The number of halogens is 3. The number of nitrogens with zero attached hydrogens (tertiary/aromatic N) is 3. The van der Waals surface area contributed by atoms with Gasteiger partial charge in [0.2, 0.25) is 0 Å². The van der Waals surface area contributed by atoms with Crippen molar-refractivity contribution in [3.05, 3.63) is 41.2 Å². The molecule has 0 spiro atoms. The number of hydrogen-bond acceptors (Lipinski definition) is 3. The van der Waals surface area contributed by atoms with Crippen LogP contribution in [0.4, 0.5) is 13.2 Å². The van der Waals surface area contributed by atoms with Gasteiger partial charge in [-0.1, -0.05) is 11.3 Å². The lowest BCUT2D eigenvalue weighted by molar-refractivity contribution is -0.137. The standard InChI is InChI=1S/C11H11F3N4/c1-7-10(6-15)18(17-16-7)9-4-2-3-8(5-9)11(12,13)14/h2-5H,6,15H2,1H3. The quantitative estimate of drug-likeness (QED) is 0.894. The van der Waals surface area contributed by atoms with Crippen LogP contribution in [0.3, 0.4) is 0 Å². The number of aryl methyl sites for hydroxylation is 1. The van der Waals surface area contributed by atoms with E-state index in [2.05, 4.69) is 10.3 Å². The summed E-state index contributed by atoms with van der Waals surface area (Å²) in [6.07, 6.45) is -4.38. The van der Waals surface area contributed by atoms with Gasteiger partial charge in [-0.05, 0) is 25.1 Å². The van der Waals surface area contributed by atoms with Gasteiger partial charge in [0, 0.05) is 6.54 Å². The van der Waals surface area contributed by atoms with Crippen LogP contribution in [0.2, 0.25) is 0 Å². The van der Waals surface area contributed by atoms with Gasteiger partial charge in [0.25, 0.3) is 0 Å². The molecule has 0 amide bonds. The van der Waals surface area contributed by atoms with Crippen molar-refractivity contribution in [2.24, 2.45) is 5.73 Å². The number of rotatable bonds is 2. The molecule has 2 rings (SSSR count). The summed E-state index contributed by atoms with van der Waals surface area (Å²) >= 11 is 0. The lowest BCUT2D eigenvalue weighted by Crippen LogP contribution is -2.10. The molecule has 0 radical (unpaired) electrons. The Morgan fingerprint density at radius 2 is 2.06 bits per heavy atom. The van der Waals surface area contributed by atoms with E-state index in [1.165, 1.54) is 16.8 Å². The molecule has 0 atom stereocenters. The van der Waals surface area contributed by atoms with Gasteiger partial charge in [-0.3, -0.25) is 0 Å². The highest BCUT2D eigenvalue weighted by molar-refractivity contribution is 5.38. The third-order valence-corrected chi connectivity index (χ3v) is 2.57. The van der Waals surface area contributed by atoms with E-state index < -0.39 is 11.7 Å². The molecule has 2 N–H and O–H groups in total. The molecular formula is C11H11F3N4. The average Bonchev–Trinajstić information content (AvgIpc) is 2.69. The molecule has 4 nitrogen and oxygen atoms in total. The summed E-state index contributed by atoms with van der Waals surface area (Å²) in [5, 5.41) is 7.61. The molecule has 0 unspecified atom stereocenters. The summed E-state index contributed by atoms with van der Waals surface area (Å²) in [5.41, 5.74) is 6.30. The lowest BCUT2D eigenvalue weighted by Gasteiger charge is -2.09. The average molecular weight is 256 g/mol. The number of alkyl halides is 3. The molecule has 1 aromatic heterocycles. The Morgan fingerprint density at radius 1 is 1.33 bits per heavy atom. The van der Waals surface area contributed by atoms with Crippen molar-refractivity contribution < 1.29 is 13.2 Å². The molecule has 0 saturated carbocycles. The summed E-state index contributed by atoms with van der Waals surface area (Å²) in [6.45, 7) is 1.87. The molecule has 0 aliphatic rings. The number of hydrogen-bond donors (Lipinski definition) is 1. The predicted molar refractivity (Wildman–Crippen MR) is 59.0 cm³/mol. The summed E-state index contributed by atoms with van der Waals surface area (Å²) in [6, 6.07) is 4.89. The second-order valence-corrected chi connectivity index (χ2v) is 3.79. The first-order chi connectivity index (χ1) is 8.43. The second kappa shape index (κ2) is 4.41. The maximum atomic E-state index is 12.6. The molecular weight excluding hydrogens is 245 g/mol. The Labute approximate surface area is 101 Å². The van der Waals surface area contributed by atoms with Crippen LogP contribution in [0.5, 0.6) is 0 Å². The van der Waals surface area contributed by atoms with Crippen LogP contribution in [0.1, 0.15) is 17.0 Å². The van der Waals surface area contributed by atoms with Crippen molar-refractivity contribution in [2.45, 2.75) is 19.6 Å². The molecule has 1 heterocycles. The van der Waals surface area contributed by atoms with Gasteiger partial charge in [0.15, 0.2) is 0 Å². The van der Waals surface area contributed by atoms with E-state index in [1.54, 1.807) is 6.92 Å². The lowest BCUT2D eigenvalue weighted by atomic mass is 10.2. The minimum atomic E-state index is -4.38. The topological polar surface area (TPSA) is 56.7 Å². The molecule has 0 aliphatic carbocycles. The maximum absolute atomic E-state index is 12.6. The van der Waals surface area contributed by atoms with Crippen LogP contribution in [-0.2, 0) is 12.7 Å². The SMILES string of the molecule is Cc1nnn(-c2cccc(C(F)(F)F)c2)c1CN. The first kappa shape index (κ1) is 12.6. The van der Waals surface area contributed by atoms with Crippen molar-refractivity contribution in [1.82, 2.24) is 15.0 Å². The zero-order chi connectivity index (χ0) is 13.3. The van der Waals surface area contributed by atoms with Gasteiger partial charge in [0.1, 0.15) is 0 Å². The van der Waals surface area contributed by atoms with E-state index in [4.69, 9.17) is 5.73 Å². The van der Waals surface area contributed by atoms with Crippen molar-refractivity contribution in [2.75, 3.05) is 0 Å². The van der Waals surface area contributed by atoms with Crippen LogP contribution in [-0.4, -0.2) is 15.0 Å². The summed E-state index contributed by atoms with van der Waals surface area (Å²) in [4.78, 5) is 0. The second-order valence-electron chi connectivity index (χ2n) is 3.79. The van der Waals surface area contributed by atoms with Gasteiger partial charge < -0.3 is 5.73 Å². The zero-order valence-electron chi connectivity index (χ0n) is 9.57. The minimum Gasteiger partial charge on any atom is -0.325 e. The minimum absolute atomic E-state index is 0.162. The van der Waals surface area contributed by atoms with Gasteiger partial charge >= 0.3 is 6.18 Å². The van der Waals surface area contributed by atoms with Gasteiger partial charge in [-0.15, -0.1) is 5.10 Å². The maximum Gasteiger partial charge on any atom is 0.416 e. The molecule has 2 aromatic rings. The van der Waals surface area contributed by atoms with Gasteiger partial charge in [-0.25, -0.2) is 4.68 Å². The molecule has 0 saturated heterocycles. The number of aromatic nitrogens is 3. The van der Waals surface area contributed by atoms with Gasteiger partial charge in [0.05, 0.1) is 22.6 Å². The van der Waals surface area contributed by atoms with Crippen LogP contribution in [0.15, 0.2) is 24.3 Å². The molecule has 0 aliphatic heterocycles. The summed E-state index contributed by atoms with van der Waals surface area (Å²) < 4.78 is 39.1. The van der Waals surface area contributed by atoms with Crippen molar-refractivity contribution >= 4 is 0 Å². The Bertz CT molecular complexity index is 560. The molecule has 18 heavy (non-hydrogen) atoms. The fourth-order valence-corrected chi connectivity index (χ4v) is 1.63. The highest BCUT2D eigenvalue weighted by Crippen LogP contribution is 2.30. The van der Waals surface area contributed by atoms with Crippen molar-refractivity contribution in [3.8, 4) is 5.69 Å². The predicted octanol–water partition coefficient (Wildman–Crippen LogP) is 2.05. The molecule has 7 heteroatoms. The largest absolute Gasteiger partial charge is 0.416 e. The fourth-order valence-electron chi connectivity index (χ4n) is 1.63. The third kappa shape index (κ3) is 2.21. The molecule has 96 valence electrons. The van der Waals surface area contributed by atoms with E-state index in [-0.39, 0.29) is 6.54 Å². The van der Waals surface area contributed by atoms with Crippen molar-refractivity contribution in [1.29, 1.82) is 0 Å². The fraction of sp³-hybridized carbons (Fsp3) is 0.273. The first-order valence-corrected chi connectivity index (χ1v) is 5.22. The van der Waals surface area contributed by atoms with Crippen LogP contribution >= 0.6 is 0 Å². The van der Waals surface area contributed by atoms with E-state index in [9.17, 15) is 13.2 Å². The van der Waals surface area contributed by atoms with Crippen molar-refractivity contribution in [3.63, 3.8) is 0 Å². The van der Waals surface area contributed by atoms with E-state index in [0.717, 1.165) is 12.1 Å². The van der Waals surface area contributed by atoms with Gasteiger partial charge in [-0.2, -0.15) is 13.2 Å². The van der Waals surface area contributed by atoms with Crippen LogP contribution in [0.25, 0.3) is 5.69 Å².